The van der Waals surface area contributed by atoms with E-state index in [0.717, 1.165) is 5.56 Å². The van der Waals surface area contributed by atoms with Crippen LogP contribution in [0.2, 0.25) is 0 Å². The van der Waals surface area contributed by atoms with Gasteiger partial charge < -0.3 is 28.7 Å². The van der Waals surface area contributed by atoms with E-state index in [4.69, 9.17) is 35.6 Å². The lowest BCUT2D eigenvalue weighted by Gasteiger charge is -2.14. The highest BCUT2D eigenvalue weighted by atomic mass is 32.1. The molecule has 0 spiro atoms. The van der Waals surface area contributed by atoms with E-state index in [1.165, 1.54) is 21.3 Å². The Bertz CT molecular complexity index is 1380. The van der Waals surface area contributed by atoms with Gasteiger partial charge in [0, 0.05) is 22.9 Å². The number of nitrogens with one attached hydrogen (secondary N) is 2. The zero-order valence-corrected chi connectivity index (χ0v) is 20.3. The van der Waals surface area contributed by atoms with Crippen molar-refractivity contribution in [2.75, 3.05) is 33.8 Å². The maximum Gasteiger partial charge on any atom is 0.257 e. The quantitative estimate of drug-likeness (QED) is 0.356. The molecule has 180 valence electrons. The van der Waals surface area contributed by atoms with Gasteiger partial charge in [0.2, 0.25) is 11.6 Å². The van der Waals surface area contributed by atoms with E-state index in [1.807, 2.05) is 30.3 Å². The monoisotopic (exact) mass is 493 g/mol. The van der Waals surface area contributed by atoms with Gasteiger partial charge in [0.25, 0.3) is 5.91 Å². The minimum atomic E-state index is -0.439. The van der Waals surface area contributed by atoms with E-state index >= 15 is 0 Å². The van der Waals surface area contributed by atoms with Gasteiger partial charge >= 0.3 is 0 Å². The van der Waals surface area contributed by atoms with Crippen LogP contribution in [-0.4, -0.2) is 44.4 Å². The minimum Gasteiger partial charge on any atom is -0.497 e. The summed E-state index contributed by atoms with van der Waals surface area (Å²) in [4.78, 5) is 17.3. The Labute approximate surface area is 207 Å². The Kier molecular flexibility index (Phi) is 7.02. The summed E-state index contributed by atoms with van der Waals surface area (Å²) in [5.41, 5.74) is 3.01. The van der Waals surface area contributed by atoms with E-state index in [2.05, 4.69) is 15.6 Å². The van der Waals surface area contributed by atoms with Gasteiger partial charge in [-0.3, -0.25) is 10.1 Å². The second-order valence-corrected chi connectivity index (χ2v) is 7.66. The molecule has 0 radical (unpaired) electrons. The summed E-state index contributed by atoms with van der Waals surface area (Å²) in [6.45, 7) is 0. The Balaban J connectivity index is 1.49. The number of nitrogens with zero attached hydrogens (tertiary/aromatic N) is 1. The molecule has 9 nitrogen and oxygen atoms in total. The zero-order chi connectivity index (χ0) is 24.9. The van der Waals surface area contributed by atoms with Crippen LogP contribution >= 0.6 is 12.2 Å². The third kappa shape index (κ3) is 5.12. The van der Waals surface area contributed by atoms with Crippen molar-refractivity contribution >= 4 is 40.0 Å². The fourth-order valence-corrected chi connectivity index (χ4v) is 3.65. The maximum absolute atomic E-state index is 12.8. The highest BCUT2D eigenvalue weighted by Crippen LogP contribution is 2.38. The van der Waals surface area contributed by atoms with Crippen molar-refractivity contribution in [3.8, 4) is 34.5 Å². The number of aromatic nitrogens is 1. The summed E-state index contributed by atoms with van der Waals surface area (Å²) in [7, 11) is 6.04. The Hall–Kier alpha value is -4.31. The summed E-state index contributed by atoms with van der Waals surface area (Å²) in [6, 6.07) is 15.8. The number of methoxy groups -OCH3 is 4. The second-order valence-electron chi connectivity index (χ2n) is 7.26. The largest absolute Gasteiger partial charge is 0.497 e. The first-order valence-electron chi connectivity index (χ1n) is 10.4. The topological polar surface area (TPSA) is 104 Å². The van der Waals surface area contributed by atoms with Gasteiger partial charge in [0.1, 0.15) is 11.3 Å². The van der Waals surface area contributed by atoms with Crippen LogP contribution in [0.3, 0.4) is 0 Å². The first kappa shape index (κ1) is 23.8. The molecular formula is C25H23N3O6S. The lowest BCUT2D eigenvalue weighted by Crippen LogP contribution is -2.34. The van der Waals surface area contributed by atoms with E-state index in [-0.39, 0.29) is 5.11 Å². The molecule has 0 unspecified atom stereocenters. The van der Waals surface area contributed by atoms with Gasteiger partial charge in [-0.15, -0.1) is 0 Å². The van der Waals surface area contributed by atoms with Crippen LogP contribution in [0.15, 0.2) is 59.0 Å². The van der Waals surface area contributed by atoms with Crippen molar-refractivity contribution in [1.29, 1.82) is 0 Å². The predicted molar refractivity (Wildman–Crippen MR) is 136 cm³/mol. The average Bonchev–Trinajstić information content (AvgIpc) is 3.31. The van der Waals surface area contributed by atoms with Crippen LogP contribution in [0.1, 0.15) is 10.4 Å². The third-order valence-electron chi connectivity index (χ3n) is 5.12. The third-order valence-corrected chi connectivity index (χ3v) is 5.32. The summed E-state index contributed by atoms with van der Waals surface area (Å²) in [5.74, 6) is 1.82. The maximum atomic E-state index is 12.8. The van der Waals surface area contributed by atoms with Gasteiger partial charge in [0.15, 0.2) is 22.2 Å². The Morgan fingerprint density at radius 1 is 0.914 bits per heavy atom. The summed E-state index contributed by atoms with van der Waals surface area (Å²) in [6.07, 6.45) is 0. The molecule has 1 heterocycles. The fourth-order valence-electron chi connectivity index (χ4n) is 3.44. The highest BCUT2D eigenvalue weighted by molar-refractivity contribution is 7.80. The number of benzene rings is 3. The molecule has 4 rings (SSSR count). The smallest absolute Gasteiger partial charge is 0.257 e. The number of hydrogen-bond donors (Lipinski definition) is 2. The number of thiocarbonyl (C=S) groups is 1. The normalized spacial score (nSPS) is 10.5. The molecular weight excluding hydrogens is 470 g/mol. The molecule has 4 aromatic rings. The number of oxazole rings is 1. The van der Waals surface area contributed by atoms with Gasteiger partial charge in [-0.25, -0.2) is 4.98 Å². The summed E-state index contributed by atoms with van der Waals surface area (Å²) < 4.78 is 27.0. The van der Waals surface area contributed by atoms with Gasteiger partial charge in [-0.1, -0.05) is 6.07 Å². The molecule has 0 saturated heterocycles. The van der Waals surface area contributed by atoms with Crippen molar-refractivity contribution in [1.82, 2.24) is 10.3 Å². The molecule has 0 saturated carbocycles. The molecule has 3 aromatic carbocycles. The van der Waals surface area contributed by atoms with E-state index in [9.17, 15) is 4.79 Å². The number of carbonyl (C=O) groups is 1. The van der Waals surface area contributed by atoms with Crippen molar-refractivity contribution < 1.29 is 28.2 Å². The number of ether oxygens (including phenoxy) is 4. The van der Waals surface area contributed by atoms with Crippen LogP contribution in [0.5, 0.6) is 23.0 Å². The fraction of sp³-hybridized carbons (Fsp3) is 0.160. The first-order valence-corrected chi connectivity index (χ1v) is 10.8. The Morgan fingerprint density at radius 3 is 2.31 bits per heavy atom. The molecule has 0 bridgehead atoms. The van der Waals surface area contributed by atoms with Crippen molar-refractivity contribution in [3.63, 3.8) is 0 Å². The van der Waals surface area contributed by atoms with Crippen LogP contribution < -0.4 is 29.6 Å². The lowest BCUT2D eigenvalue weighted by atomic mass is 10.1. The van der Waals surface area contributed by atoms with E-state index in [1.54, 1.807) is 31.4 Å². The molecule has 35 heavy (non-hydrogen) atoms. The van der Waals surface area contributed by atoms with Gasteiger partial charge in [0.05, 0.1) is 28.4 Å². The summed E-state index contributed by atoms with van der Waals surface area (Å²) in [5, 5.41) is 5.78. The molecule has 0 atom stereocenters. The molecule has 0 aliphatic carbocycles. The number of hydrogen-bond acceptors (Lipinski definition) is 8. The molecule has 0 aliphatic rings. The lowest BCUT2D eigenvalue weighted by molar-refractivity contribution is 0.0977. The molecule has 1 aromatic heterocycles. The highest BCUT2D eigenvalue weighted by Gasteiger charge is 2.18. The van der Waals surface area contributed by atoms with Gasteiger partial charge in [-0.2, -0.15) is 0 Å². The SMILES string of the molecule is COc1ccc2oc(-c3cccc(NC(=S)NC(=O)c4cc(OC)c(OC)c(OC)c4)c3)nc2c1. The van der Waals surface area contributed by atoms with Crippen LogP contribution in [0, 0.1) is 0 Å². The first-order chi connectivity index (χ1) is 16.9. The van der Waals surface area contributed by atoms with Crippen molar-refractivity contribution in [2.24, 2.45) is 0 Å². The number of amides is 1. The summed E-state index contributed by atoms with van der Waals surface area (Å²) >= 11 is 5.34. The molecule has 2 N–H and O–H groups in total. The standard InChI is InChI=1S/C25H23N3O6S/c1-30-17-8-9-19-18(13-17)27-24(34-19)14-6-5-7-16(10-14)26-25(35)28-23(29)15-11-20(31-2)22(33-4)21(12-15)32-3/h5-13H,1-4H3,(H2,26,28,29,35). The number of carbonyl (C=O) groups excluding carboxylic acids is 1. The molecule has 0 fully saturated rings. The van der Waals surface area contributed by atoms with Gasteiger partial charge in [-0.05, 0) is 54.7 Å². The second kappa shape index (κ2) is 10.3. The number of anilines is 1. The van der Waals surface area contributed by atoms with Crippen LogP contribution in [0.4, 0.5) is 5.69 Å². The number of rotatable bonds is 7. The van der Waals surface area contributed by atoms with Crippen LogP contribution in [-0.2, 0) is 0 Å². The molecule has 0 aliphatic heterocycles. The van der Waals surface area contributed by atoms with E-state index in [0.29, 0.717) is 51.2 Å². The average molecular weight is 494 g/mol. The predicted octanol–water partition coefficient (Wildman–Crippen LogP) is 4.66. The molecule has 10 heteroatoms. The van der Waals surface area contributed by atoms with Crippen molar-refractivity contribution in [2.45, 2.75) is 0 Å². The van der Waals surface area contributed by atoms with E-state index < -0.39 is 5.91 Å². The number of fused-ring (bicyclic) bond motifs is 1. The zero-order valence-electron chi connectivity index (χ0n) is 19.5. The molecule has 1 amide bonds. The van der Waals surface area contributed by atoms with Crippen LogP contribution in [0.25, 0.3) is 22.6 Å². The van der Waals surface area contributed by atoms with Crippen molar-refractivity contribution in [3.05, 3.63) is 60.2 Å². The minimum absolute atomic E-state index is 0.114. The Morgan fingerprint density at radius 2 is 1.66 bits per heavy atom.